The van der Waals surface area contributed by atoms with Gasteiger partial charge in [0.2, 0.25) is 0 Å². The average Bonchev–Trinajstić information content (AvgIpc) is 0.970. The van der Waals surface area contributed by atoms with Crippen molar-refractivity contribution in [3.63, 3.8) is 0 Å². The molecule has 0 spiro atoms. The van der Waals surface area contributed by atoms with Crippen LogP contribution in [-0.2, 0) is 0 Å². The summed E-state index contributed by atoms with van der Waals surface area (Å²) >= 11 is 0. The van der Waals surface area contributed by atoms with Crippen LogP contribution in [0, 0.1) is 56.7 Å². The van der Waals surface area contributed by atoms with Gasteiger partial charge in [0, 0.05) is 48.0 Å². The Kier molecular flexibility index (Phi) is 56.5. The maximum Gasteiger partial charge on any atom is 0.0701 e. The number of hydrogen-bond donors (Lipinski definition) is 0. The van der Waals surface area contributed by atoms with Crippen LogP contribution < -0.4 is 0 Å². The van der Waals surface area contributed by atoms with Crippen LogP contribution in [0.3, 0.4) is 0 Å². The van der Waals surface area contributed by atoms with Gasteiger partial charge in [0.15, 0.2) is 0 Å². The standard InChI is InChI=1S/C10H8.4C9H7N.5C5H12.5C4H10/c1-2-6-10-8-4-3-7-9(10)5-1;2*1-2-6-9-8(4-1)5-3-7-10-9;2*1-2-4-9-7-10-6-5-8(9)3-1;5*1-5(2,3)4;5*1-4(2)3/h1-8H;4*1-7H;5*1-4H3;5*4H,1-3H3. The highest BCUT2D eigenvalue weighted by molar-refractivity contribution is 5.83. The molecule has 4 nitrogen and oxygen atoms in total. The lowest BCUT2D eigenvalue weighted by molar-refractivity contribution is 0.469. The SMILES string of the molecule is CC(C)(C)C.CC(C)(C)C.CC(C)(C)C.CC(C)(C)C.CC(C)(C)C.CC(C)C.CC(C)C.CC(C)C.CC(C)C.CC(C)C.c1ccc2ccccc2c1.c1ccc2cnccc2c1.c1ccc2cnccc2c1.c1ccc2ncccc2c1.c1ccc2ncccc2c1. The lowest BCUT2D eigenvalue weighted by atomic mass is 10.0. The van der Waals surface area contributed by atoms with Crippen LogP contribution in [0.1, 0.15) is 242 Å². The predicted octanol–water partition coefficient (Wildman–Crippen LogP) is 30.4. The van der Waals surface area contributed by atoms with Crippen molar-refractivity contribution < 1.29 is 0 Å². The number of nitrogens with zero attached hydrogens (tertiary/aromatic N) is 4. The third-order valence-electron chi connectivity index (χ3n) is 7.78. The number of benzene rings is 6. The Morgan fingerprint density at radius 1 is 0.189 bits per heavy atom. The highest BCUT2D eigenvalue weighted by atomic mass is 14.6. The van der Waals surface area contributed by atoms with Crippen LogP contribution in [0.5, 0.6) is 0 Å². The Morgan fingerprint density at radius 3 is 0.516 bits per heavy atom. The fraction of sp³-hybridized carbons (Fsp3) is 0.495. The second-order valence-corrected chi connectivity index (χ2v) is 34.8. The first-order chi connectivity index (χ1) is 43.5. The molecule has 0 N–H and O–H groups in total. The highest BCUT2D eigenvalue weighted by Crippen LogP contribution is 2.15. The highest BCUT2D eigenvalue weighted by Gasteiger charge is 1.98. The van der Waals surface area contributed by atoms with Crippen molar-refractivity contribution in [2.75, 3.05) is 0 Å². The number of hydrogen-bond acceptors (Lipinski definition) is 4. The largest absolute Gasteiger partial charge is 0.264 e. The minimum Gasteiger partial charge on any atom is -0.264 e. The van der Waals surface area contributed by atoms with Gasteiger partial charge in [-0.1, -0.05) is 388 Å². The van der Waals surface area contributed by atoms with Crippen molar-refractivity contribution in [1.82, 2.24) is 19.9 Å². The maximum absolute atomic E-state index is 4.18. The third-order valence-corrected chi connectivity index (χ3v) is 7.78. The summed E-state index contributed by atoms with van der Waals surface area (Å²) in [5, 5.41) is 9.91. The fourth-order valence-corrected chi connectivity index (χ4v) is 5.22. The van der Waals surface area contributed by atoms with Crippen LogP contribution >= 0.6 is 0 Å². The van der Waals surface area contributed by atoms with Crippen LogP contribution in [0.15, 0.2) is 219 Å². The van der Waals surface area contributed by atoms with Crippen LogP contribution in [0.4, 0.5) is 0 Å². The Balaban J connectivity index is -0.000000310. The summed E-state index contributed by atoms with van der Waals surface area (Å²) in [6.07, 6.45) is 11.0. The van der Waals surface area contributed by atoms with Gasteiger partial charge in [0.1, 0.15) is 0 Å². The van der Waals surface area contributed by atoms with Gasteiger partial charge in [-0.25, -0.2) is 0 Å². The number of rotatable bonds is 0. The smallest absolute Gasteiger partial charge is 0.0701 e. The molecule has 10 aromatic rings. The molecule has 0 amide bonds. The molecular formula is C91H146N4. The summed E-state index contributed by atoms with van der Waals surface area (Å²) in [6.45, 7) is 76.2. The molecule has 6 aromatic carbocycles. The zero-order valence-corrected chi connectivity index (χ0v) is 68.0. The Bertz CT molecular complexity index is 2400. The predicted molar refractivity (Wildman–Crippen MR) is 439 cm³/mol. The first-order valence-electron chi connectivity index (χ1n) is 35.1. The van der Waals surface area contributed by atoms with Gasteiger partial charge in [0.05, 0.1) is 11.0 Å². The van der Waals surface area contributed by atoms with Gasteiger partial charge in [0.25, 0.3) is 0 Å². The molecule has 95 heavy (non-hydrogen) atoms. The van der Waals surface area contributed by atoms with Crippen molar-refractivity contribution in [2.45, 2.75) is 242 Å². The van der Waals surface area contributed by atoms with Gasteiger partial charge in [-0.3, -0.25) is 19.9 Å². The topological polar surface area (TPSA) is 51.6 Å². The van der Waals surface area contributed by atoms with Crippen molar-refractivity contribution in [3.05, 3.63) is 219 Å². The van der Waals surface area contributed by atoms with Crippen LogP contribution in [0.2, 0.25) is 0 Å². The van der Waals surface area contributed by atoms with Gasteiger partial charge in [-0.15, -0.1) is 0 Å². The molecule has 0 fully saturated rings. The van der Waals surface area contributed by atoms with E-state index in [-0.39, 0.29) is 0 Å². The molecule has 530 valence electrons. The molecule has 0 radical (unpaired) electrons. The molecule has 0 aliphatic carbocycles. The van der Waals surface area contributed by atoms with Crippen LogP contribution in [-0.4, -0.2) is 19.9 Å². The summed E-state index contributed by atoms with van der Waals surface area (Å²) in [4.78, 5) is 16.4. The maximum atomic E-state index is 4.18. The molecule has 0 unspecified atom stereocenters. The summed E-state index contributed by atoms with van der Waals surface area (Å²) in [5.41, 5.74) is 4.62. The van der Waals surface area contributed by atoms with E-state index in [1.165, 1.54) is 43.1 Å². The summed E-state index contributed by atoms with van der Waals surface area (Å²) in [5.74, 6) is 4.17. The van der Waals surface area contributed by atoms with Crippen molar-refractivity contribution >= 4 is 54.1 Å². The quantitative estimate of drug-likeness (QED) is 0.152. The third kappa shape index (κ3) is 91.5. The molecule has 4 aromatic heterocycles. The molecule has 0 aliphatic rings. The minimum atomic E-state index is 0.500. The molecule has 0 atom stereocenters. The number of pyridine rings is 4. The molecule has 4 heterocycles. The fourth-order valence-electron chi connectivity index (χ4n) is 5.22. The van der Waals surface area contributed by atoms with Gasteiger partial charge in [-0.2, -0.15) is 0 Å². The summed E-state index contributed by atoms with van der Waals surface area (Å²) < 4.78 is 0. The van der Waals surface area contributed by atoms with E-state index in [1.54, 1.807) is 0 Å². The molecule has 4 heteroatoms. The van der Waals surface area contributed by atoms with E-state index < -0.39 is 0 Å². The zero-order valence-electron chi connectivity index (χ0n) is 68.0. The first-order valence-corrected chi connectivity index (χ1v) is 35.1. The lowest BCUT2D eigenvalue weighted by Crippen LogP contribution is -1.93. The minimum absolute atomic E-state index is 0.500. The second-order valence-electron chi connectivity index (χ2n) is 34.8. The van der Waals surface area contributed by atoms with Gasteiger partial charge >= 0.3 is 0 Å². The van der Waals surface area contributed by atoms with Crippen molar-refractivity contribution in [2.24, 2.45) is 56.7 Å². The van der Waals surface area contributed by atoms with E-state index in [1.807, 2.05) is 122 Å². The lowest BCUT2D eigenvalue weighted by Gasteiger charge is -2.05. The molecule has 10 rings (SSSR count). The van der Waals surface area contributed by atoms with E-state index >= 15 is 0 Å². The van der Waals surface area contributed by atoms with E-state index in [9.17, 15) is 0 Å². The Morgan fingerprint density at radius 2 is 0.337 bits per heavy atom. The first kappa shape index (κ1) is 96.9. The molecule has 0 bridgehead atoms. The molecule has 0 saturated carbocycles. The number of para-hydroxylation sites is 2. The van der Waals surface area contributed by atoms with E-state index in [4.69, 9.17) is 0 Å². The van der Waals surface area contributed by atoms with Crippen molar-refractivity contribution in [3.8, 4) is 0 Å². The second kappa shape index (κ2) is 55.4. The van der Waals surface area contributed by atoms with Crippen molar-refractivity contribution in [1.29, 1.82) is 0 Å². The van der Waals surface area contributed by atoms with E-state index in [2.05, 4.69) is 359 Å². The Hall–Kier alpha value is -6.78. The molecule has 0 aliphatic heterocycles. The molecular weight excluding hydrogens is 1150 g/mol. The van der Waals surface area contributed by atoms with E-state index in [0.717, 1.165) is 40.6 Å². The molecule has 0 saturated heterocycles. The van der Waals surface area contributed by atoms with E-state index in [0.29, 0.717) is 27.1 Å². The summed E-state index contributed by atoms with van der Waals surface area (Å²) in [7, 11) is 0. The van der Waals surface area contributed by atoms with Crippen LogP contribution in [0.25, 0.3) is 54.1 Å². The summed E-state index contributed by atoms with van der Waals surface area (Å²) in [6, 6.07) is 61.3. The normalized spacial score (nSPS) is 10.3. The van der Waals surface area contributed by atoms with Gasteiger partial charge in [-0.05, 0) is 125 Å². The number of aromatic nitrogens is 4. The average molecular weight is 1300 g/mol. The van der Waals surface area contributed by atoms with Gasteiger partial charge < -0.3 is 0 Å². The monoisotopic (exact) mass is 1300 g/mol. The Labute approximate surface area is 588 Å². The zero-order chi connectivity index (χ0) is 74.4. The number of fused-ring (bicyclic) bond motifs is 5.